The molecule has 3 N–H and O–H groups in total. The molecule has 1 fully saturated rings. The Bertz CT molecular complexity index is 592. The third kappa shape index (κ3) is 4.55. The summed E-state index contributed by atoms with van der Waals surface area (Å²) in [7, 11) is 0. The molecule has 1 aliphatic heterocycles. The second-order valence-electron chi connectivity index (χ2n) is 6.08. The maximum Gasteiger partial charge on any atom is 0.341 e. The van der Waals surface area contributed by atoms with Crippen molar-refractivity contribution in [2.75, 3.05) is 31.6 Å². The average molecular weight is 353 g/mol. The van der Waals surface area contributed by atoms with Gasteiger partial charge in [-0.2, -0.15) is 0 Å². The fourth-order valence-electron chi connectivity index (χ4n) is 2.99. The quantitative estimate of drug-likeness (QED) is 0.766. The third-order valence-electron chi connectivity index (χ3n) is 4.29. The fourth-order valence-corrected chi connectivity index (χ4v) is 4.14. The number of nitrogens with one attached hydrogen (secondary N) is 1. The summed E-state index contributed by atoms with van der Waals surface area (Å²) in [6, 6.07) is 0.242. The van der Waals surface area contributed by atoms with E-state index in [9.17, 15) is 9.59 Å². The number of ether oxygens (including phenoxy) is 1. The van der Waals surface area contributed by atoms with E-state index in [-0.39, 0.29) is 17.9 Å². The lowest BCUT2D eigenvalue weighted by Crippen LogP contribution is -2.43. The predicted molar refractivity (Wildman–Crippen MR) is 96.7 cm³/mol. The Balaban J connectivity index is 2.08. The van der Waals surface area contributed by atoms with Gasteiger partial charge >= 0.3 is 5.97 Å². The van der Waals surface area contributed by atoms with Crippen molar-refractivity contribution in [2.45, 2.75) is 46.1 Å². The van der Waals surface area contributed by atoms with E-state index >= 15 is 0 Å². The SMILES string of the molecule is CCOC(=O)c1c(NC(=O)CN2CCC(N)CC2)sc(C)c1CC. The molecule has 1 saturated heterocycles. The molecule has 6 nitrogen and oxygen atoms in total. The second-order valence-corrected chi connectivity index (χ2v) is 7.30. The van der Waals surface area contributed by atoms with Crippen LogP contribution in [0.4, 0.5) is 5.00 Å². The lowest BCUT2D eigenvalue weighted by Gasteiger charge is -2.29. The number of aryl methyl sites for hydroxylation is 1. The molecule has 0 atom stereocenters. The average Bonchev–Trinajstić information content (AvgIpc) is 2.85. The van der Waals surface area contributed by atoms with Gasteiger partial charge in [-0.3, -0.25) is 9.69 Å². The van der Waals surface area contributed by atoms with Crippen molar-refractivity contribution < 1.29 is 14.3 Å². The number of nitrogens with two attached hydrogens (primary N) is 1. The Kier molecular flexibility index (Phi) is 6.77. The first-order chi connectivity index (χ1) is 11.5. The van der Waals surface area contributed by atoms with Crippen LogP contribution >= 0.6 is 11.3 Å². The van der Waals surface area contributed by atoms with Gasteiger partial charge in [0.05, 0.1) is 18.7 Å². The minimum absolute atomic E-state index is 0.0973. The molecule has 0 saturated carbocycles. The zero-order valence-corrected chi connectivity index (χ0v) is 15.5. The predicted octanol–water partition coefficient (Wildman–Crippen LogP) is 2.16. The summed E-state index contributed by atoms with van der Waals surface area (Å²) in [4.78, 5) is 27.8. The number of carbonyl (C=O) groups is 2. The number of piperidine rings is 1. The lowest BCUT2D eigenvalue weighted by atomic mass is 10.1. The molecule has 1 aliphatic rings. The smallest absolute Gasteiger partial charge is 0.341 e. The van der Waals surface area contributed by atoms with Crippen LogP contribution in [0, 0.1) is 6.92 Å². The molecule has 2 rings (SSSR count). The highest BCUT2D eigenvalue weighted by Gasteiger charge is 2.24. The number of thiophene rings is 1. The van der Waals surface area contributed by atoms with Crippen LogP contribution in [0.2, 0.25) is 0 Å². The number of likely N-dealkylation sites (tertiary alicyclic amines) is 1. The number of carbonyl (C=O) groups excluding carboxylic acids is 2. The molecular formula is C17H27N3O3S. The van der Waals surface area contributed by atoms with E-state index in [1.54, 1.807) is 6.92 Å². The zero-order chi connectivity index (χ0) is 17.7. The van der Waals surface area contributed by atoms with E-state index in [0.717, 1.165) is 42.8 Å². The van der Waals surface area contributed by atoms with E-state index < -0.39 is 0 Å². The summed E-state index contributed by atoms with van der Waals surface area (Å²) in [6.07, 6.45) is 2.56. The number of hydrogen-bond donors (Lipinski definition) is 2. The van der Waals surface area contributed by atoms with Crippen molar-refractivity contribution in [3.05, 3.63) is 16.0 Å². The van der Waals surface area contributed by atoms with Crippen LogP contribution in [0.1, 0.15) is 47.5 Å². The van der Waals surface area contributed by atoms with E-state index in [1.807, 2.05) is 13.8 Å². The topological polar surface area (TPSA) is 84.7 Å². The molecule has 1 aromatic rings. The third-order valence-corrected chi connectivity index (χ3v) is 5.36. The summed E-state index contributed by atoms with van der Waals surface area (Å²) in [5.41, 5.74) is 7.36. The van der Waals surface area contributed by atoms with Crippen LogP contribution in [0.15, 0.2) is 0 Å². The first-order valence-electron chi connectivity index (χ1n) is 8.53. The normalized spacial score (nSPS) is 16.2. The van der Waals surface area contributed by atoms with E-state index in [4.69, 9.17) is 10.5 Å². The number of anilines is 1. The van der Waals surface area contributed by atoms with Gasteiger partial charge in [0.25, 0.3) is 0 Å². The van der Waals surface area contributed by atoms with Crippen LogP contribution in [0.5, 0.6) is 0 Å². The molecule has 0 unspecified atom stereocenters. The Morgan fingerprint density at radius 3 is 2.58 bits per heavy atom. The fraction of sp³-hybridized carbons (Fsp3) is 0.647. The van der Waals surface area contributed by atoms with Crippen LogP contribution in [0.3, 0.4) is 0 Å². The van der Waals surface area contributed by atoms with E-state index in [0.29, 0.717) is 23.7 Å². The molecule has 2 heterocycles. The van der Waals surface area contributed by atoms with Crippen molar-refractivity contribution in [3.63, 3.8) is 0 Å². The highest BCUT2D eigenvalue weighted by Crippen LogP contribution is 2.34. The van der Waals surface area contributed by atoms with Gasteiger partial charge in [-0.15, -0.1) is 11.3 Å². The summed E-state index contributed by atoms with van der Waals surface area (Å²) in [5, 5.41) is 3.51. The summed E-state index contributed by atoms with van der Waals surface area (Å²) in [6.45, 7) is 8.06. The Labute approximate surface area is 147 Å². The summed E-state index contributed by atoms with van der Waals surface area (Å²) in [5.74, 6) is -0.460. The zero-order valence-electron chi connectivity index (χ0n) is 14.7. The molecule has 134 valence electrons. The Hall–Kier alpha value is -1.44. The van der Waals surface area contributed by atoms with E-state index in [1.165, 1.54) is 11.3 Å². The van der Waals surface area contributed by atoms with Gasteiger partial charge in [-0.1, -0.05) is 6.92 Å². The van der Waals surface area contributed by atoms with Crippen LogP contribution < -0.4 is 11.1 Å². The van der Waals surface area contributed by atoms with Crippen molar-refractivity contribution >= 4 is 28.2 Å². The first-order valence-corrected chi connectivity index (χ1v) is 9.35. The summed E-state index contributed by atoms with van der Waals surface area (Å²) >= 11 is 1.44. The number of esters is 1. The van der Waals surface area contributed by atoms with Gasteiger partial charge < -0.3 is 15.8 Å². The molecular weight excluding hydrogens is 326 g/mol. The lowest BCUT2D eigenvalue weighted by molar-refractivity contribution is -0.117. The van der Waals surface area contributed by atoms with Crippen molar-refractivity contribution in [1.82, 2.24) is 4.90 Å². The highest BCUT2D eigenvalue weighted by molar-refractivity contribution is 7.16. The van der Waals surface area contributed by atoms with Gasteiger partial charge in [0, 0.05) is 24.0 Å². The molecule has 0 bridgehead atoms. The Morgan fingerprint density at radius 2 is 2.00 bits per heavy atom. The molecule has 7 heteroatoms. The molecule has 0 spiro atoms. The maximum atomic E-state index is 12.4. The van der Waals surface area contributed by atoms with Crippen LogP contribution in [-0.4, -0.2) is 49.1 Å². The molecule has 0 radical (unpaired) electrons. The monoisotopic (exact) mass is 353 g/mol. The summed E-state index contributed by atoms with van der Waals surface area (Å²) < 4.78 is 5.16. The largest absolute Gasteiger partial charge is 0.462 e. The van der Waals surface area contributed by atoms with Gasteiger partial charge in [-0.05, 0) is 38.7 Å². The molecule has 0 aliphatic carbocycles. The van der Waals surface area contributed by atoms with Crippen LogP contribution in [0.25, 0.3) is 0 Å². The molecule has 1 aromatic heterocycles. The minimum Gasteiger partial charge on any atom is -0.462 e. The molecule has 1 amide bonds. The standard InChI is InChI=1S/C17H27N3O3S/c1-4-13-11(3)24-16(15(13)17(22)23-5-2)19-14(21)10-20-8-6-12(18)7-9-20/h12H,4-10,18H2,1-3H3,(H,19,21). The van der Waals surface area contributed by atoms with Gasteiger partial charge in [0.15, 0.2) is 0 Å². The number of hydrogen-bond acceptors (Lipinski definition) is 6. The van der Waals surface area contributed by atoms with Gasteiger partial charge in [-0.25, -0.2) is 4.79 Å². The first kappa shape index (κ1) is 18.9. The van der Waals surface area contributed by atoms with Crippen molar-refractivity contribution in [3.8, 4) is 0 Å². The van der Waals surface area contributed by atoms with E-state index in [2.05, 4.69) is 10.2 Å². The van der Waals surface area contributed by atoms with Crippen molar-refractivity contribution in [1.29, 1.82) is 0 Å². The minimum atomic E-state index is -0.363. The molecule has 0 aromatic carbocycles. The second kappa shape index (κ2) is 8.60. The van der Waals surface area contributed by atoms with Crippen molar-refractivity contribution in [2.24, 2.45) is 5.73 Å². The number of nitrogens with zero attached hydrogens (tertiary/aromatic N) is 1. The molecule has 24 heavy (non-hydrogen) atoms. The van der Waals surface area contributed by atoms with Crippen LogP contribution in [-0.2, 0) is 16.0 Å². The van der Waals surface area contributed by atoms with Gasteiger partial charge in [0.2, 0.25) is 5.91 Å². The number of rotatable bonds is 6. The Morgan fingerprint density at radius 1 is 1.33 bits per heavy atom. The van der Waals surface area contributed by atoms with Gasteiger partial charge in [0.1, 0.15) is 5.00 Å². The maximum absolute atomic E-state index is 12.4. The number of amides is 1. The highest BCUT2D eigenvalue weighted by atomic mass is 32.1.